The standard InChI is InChI=1S/C19H25FN4O3S/c1-4-13(2)21-18(25)16-12-28-17(22-16)11-24(9-10-27-3)19(26)23-15-8-6-5-7-14(15)20/h5-8,12-13H,4,9-11H2,1-3H3,(H,21,25)(H,23,26)/t13-/m1/s1. The van der Waals surface area contributed by atoms with Crippen molar-refractivity contribution in [3.05, 3.63) is 46.2 Å². The molecule has 2 rings (SSSR count). The van der Waals surface area contributed by atoms with E-state index in [1.807, 2.05) is 13.8 Å². The number of anilines is 1. The Kier molecular flexibility index (Phi) is 8.34. The average Bonchev–Trinajstić information content (AvgIpc) is 3.15. The molecule has 1 aromatic carbocycles. The van der Waals surface area contributed by atoms with Crippen LogP contribution in [0.25, 0.3) is 0 Å². The Labute approximate surface area is 167 Å². The van der Waals surface area contributed by atoms with E-state index in [0.29, 0.717) is 23.9 Å². The molecule has 28 heavy (non-hydrogen) atoms. The van der Waals surface area contributed by atoms with Gasteiger partial charge in [-0.2, -0.15) is 0 Å². The maximum Gasteiger partial charge on any atom is 0.322 e. The van der Waals surface area contributed by atoms with Gasteiger partial charge in [0.25, 0.3) is 5.91 Å². The number of nitrogens with one attached hydrogen (secondary N) is 2. The summed E-state index contributed by atoms with van der Waals surface area (Å²) in [5, 5.41) is 7.68. The number of urea groups is 1. The van der Waals surface area contributed by atoms with Crippen molar-refractivity contribution >= 4 is 29.0 Å². The summed E-state index contributed by atoms with van der Waals surface area (Å²) in [5.74, 6) is -0.753. The summed E-state index contributed by atoms with van der Waals surface area (Å²) < 4.78 is 18.9. The van der Waals surface area contributed by atoms with Crippen LogP contribution in [0.5, 0.6) is 0 Å². The van der Waals surface area contributed by atoms with Gasteiger partial charge >= 0.3 is 6.03 Å². The minimum absolute atomic E-state index is 0.0578. The van der Waals surface area contributed by atoms with Gasteiger partial charge in [-0.3, -0.25) is 4.79 Å². The fourth-order valence-corrected chi connectivity index (χ4v) is 3.05. The predicted molar refractivity (Wildman–Crippen MR) is 107 cm³/mol. The first-order valence-corrected chi connectivity index (χ1v) is 9.87. The molecule has 0 bridgehead atoms. The highest BCUT2D eigenvalue weighted by atomic mass is 32.1. The molecule has 1 aromatic heterocycles. The van der Waals surface area contributed by atoms with Gasteiger partial charge in [0.2, 0.25) is 0 Å². The van der Waals surface area contributed by atoms with Crippen LogP contribution >= 0.6 is 11.3 Å². The molecule has 1 heterocycles. The highest BCUT2D eigenvalue weighted by molar-refractivity contribution is 7.09. The molecule has 0 saturated carbocycles. The van der Waals surface area contributed by atoms with Crippen LogP contribution in [0.4, 0.5) is 14.9 Å². The zero-order valence-electron chi connectivity index (χ0n) is 16.2. The van der Waals surface area contributed by atoms with Gasteiger partial charge in [-0.15, -0.1) is 11.3 Å². The molecule has 0 aliphatic heterocycles. The van der Waals surface area contributed by atoms with Crippen LogP contribution in [0, 0.1) is 5.82 Å². The van der Waals surface area contributed by atoms with Gasteiger partial charge in [0.1, 0.15) is 16.5 Å². The van der Waals surface area contributed by atoms with E-state index < -0.39 is 11.8 Å². The number of rotatable bonds is 9. The third-order valence-corrected chi connectivity index (χ3v) is 4.90. The van der Waals surface area contributed by atoms with Gasteiger partial charge in [0.15, 0.2) is 0 Å². The van der Waals surface area contributed by atoms with Gasteiger partial charge in [-0.25, -0.2) is 14.2 Å². The minimum atomic E-state index is -0.513. The zero-order chi connectivity index (χ0) is 20.5. The molecule has 9 heteroatoms. The second-order valence-electron chi connectivity index (χ2n) is 6.23. The predicted octanol–water partition coefficient (Wildman–Crippen LogP) is 3.49. The largest absolute Gasteiger partial charge is 0.383 e. The highest BCUT2D eigenvalue weighted by Gasteiger charge is 2.19. The Morgan fingerprint density at radius 2 is 2.11 bits per heavy atom. The molecule has 2 N–H and O–H groups in total. The summed E-state index contributed by atoms with van der Waals surface area (Å²) in [6.45, 7) is 4.71. The van der Waals surface area contributed by atoms with Crippen LogP contribution in [0.15, 0.2) is 29.6 Å². The van der Waals surface area contributed by atoms with E-state index in [2.05, 4.69) is 15.6 Å². The highest BCUT2D eigenvalue weighted by Crippen LogP contribution is 2.16. The molecule has 3 amide bonds. The summed E-state index contributed by atoms with van der Waals surface area (Å²) in [5.41, 5.74) is 0.421. The maximum absolute atomic E-state index is 13.8. The van der Waals surface area contributed by atoms with E-state index in [-0.39, 0.29) is 24.2 Å². The Morgan fingerprint density at radius 3 is 2.79 bits per heavy atom. The summed E-state index contributed by atoms with van der Waals surface area (Å²) in [4.78, 5) is 30.6. The first-order chi connectivity index (χ1) is 13.4. The van der Waals surface area contributed by atoms with Crippen LogP contribution in [-0.2, 0) is 11.3 Å². The van der Waals surface area contributed by atoms with Crippen LogP contribution in [0.3, 0.4) is 0 Å². The summed E-state index contributed by atoms with van der Waals surface area (Å²) in [7, 11) is 1.54. The molecule has 1 atom stereocenters. The van der Waals surface area contributed by atoms with E-state index in [1.165, 1.54) is 35.5 Å². The average molecular weight is 408 g/mol. The third-order valence-electron chi connectivity index (χ3n) is 4.07. The lowest BCUT2D eigenvalue weighted by atomic mass is 10.2. The zero-order valence-corrected chi connectivity index (χ0v) is 17.0. The lowest BCUT2D eigenvalue weighted by Crippen LogP contribution is -2.37. The van der Waals surface area contributed by atoms with Crippen LogP contribution in [-0.4, -0.2) is 48.1 Å². The fraction of sp³-hybridized carbons (Fsp3) is 0.421. The lowest BCUT2D eigenvalue weighted by Gasteiger charge is -2.22. The number of nitrogens with zero attached hydrogens (tertiary/aromatic N) is 2. The number of hydrogen-bond acceptors (Lipinski definition) is 5. The Balaban J connectivity index is 2.06. The van der Waals surface area contributed by atoms with Crippen LogP contribution in [0.1, 0.15) is 35.8 Å². The van der Waals surface area contributed by atoms with E-state index in [0.717, 1.165) is 6.42 Å². The van der Waals surface area contributed by atoms with Crippen molar-refractivity contribution in [1.29, 1.82) is 0 Å². The van der Waals surface area contributed by atoms with Crippen molar-refractivity contribution in [1.82, 2.24) is 15.2 Å². The van der Waals surface area contributed by atoms with Gasteiger partial charge < -0.3 is 20.3 Å². The first kappa shape index (κ1) is 21.8. The second-order valence-corrected chi connectivity index (χ2v) is 7.18. The quantitative estimate of drug-likeness (QED) is 0.665. The number of carbonyl (C=O) groups excluding carboxylic acids is 2. The van der Waals surface area contributed by atoms with E-state index in [1.54, 1.807) is 17.5 Å². The Hall–Kier alpha value is -2.52. The molecule has 7 nitrogen and oxygen atoms in total. The van der Waals surface area contributed by atoms with Crippen molar-refractivity contribution in [2.45, 2.75) is 32.9 Å². The molecule has 0 aliphatic carbocycles. The smallest absolute Gasteiger partial charge is 0.322 e. The number of benzene rings is 1. The van der Waals surface area contributed by atoms with Crippen LogP contribution < -0.4 is 10.6 Å². The molecule has 0 spiro atoms. The first-order valence-electron chi connectivity index (χ1n) is 8.99. The van der Waals surface area contributed by atoms with Crippen LogP contribution in [0.2, 0.25) is 0 Å². The molecule has 0 aliphatic rings. The van der Waals surface area contributed by atoms with Gasteiger partial charge in [0.05, 0.1) is 18.8 Å². The molecule has 0 unspecified atom stereocenters. The lowest BCUT2D eigenvalue weighted by molar-refractivity contribution is 0.0934. The topological polar surface area (TPSA) is 83.6 Å². The maximum atomic E-state index is 13.8. The third kappa shape index (κ3) is 6.28. The summed E-state index contributed by atoms with van der Waals surface area (Å²) in [6, 6.07) is 5.54. The molecular formula is C19H25FN4O3S. The molecule has 2 aromatic rings. The summed E-state index contributed by atoms with van der Waals surface area (Å²) >= 11 is 1.29. The van der Waals surface area contributed by atoms with Crippen molar-refractivity contribution in [2.24, 2.45) is 0 Å². The normalized spacial score (nSPS) is 11.7. The molecule has 152 valence electrons. The number of hydrogen-bond donors (Lipinski definition) is 2. The number of halogens is 1. The molecular weight excluding hydrogens is 383 g/mol. The number of carbonyl (C=O) groups is 2. The number of amides is 3. The van der Waals surface area contributed by atoms with Crippen molar-refractivity contribution < 1.29 is 18.7 Å². The van der Waals surface area contributed by atoms with Gasteiger partial charge in [-0.05, 0) is 25.5 Å². The van der Waals surface area contributed by atoms with E-state index >= 15 is 0 Å². The fourth-order valence-electron chi connectivity index (χ4n) is 2.26. The van der Waals surface area contributed by atoms with Gasteiger partial charge in [0, 0.05) is 25.1 Å². The minimum Gasteiger partial charge on any atom is -0.383 e. The van der Waals surface area contributed by atoms with Crippen molar-refractivity contribution in [3.8, 4) is 0 Å². The van der Waals surface area contributed by atoms with Gasteiger partial charge in [-0.1, -0.05) is 19.1 Å². The number of aromatic nitrogens is 1. The van der Waals surface area contributed by atoms with Crippen molar-refractivity contribution in [3.63, 3.8) is 0 Å². The molecule has 0 radical (unpaired) electrons. The Bertz CT molecular complexity index is 799. The monoisotopic (exact) mass is 408 g/mol. The second kappa shape index (κ2) is 10.7. The molecule has 0 saturated heterocycles. The number of methoxy groups -OCH3 is 1. The number of thiazole rings is 1. The SMILES string of the molecule is CC[C@@H](C)NC(=O)c1csc(CN(CCOC)C(=O)Nc2ccccc2F)n1. The Morgan fingerprint density at radius 1 is 1.36 bits per heavy atom. The number of para-hydroxylation sites is 1. The van der Waals surface area contributed by atoms with E-state index in [9.17, 15) is 14.0 Å². The van der Waals surface area contributed by atoms with Crippen molar-refractivity contribution in [2.75, 3.05) is 25.6 Å². The van der Waals surface area contributed by atoms with E-state index in [4.69, 9.17) is 4.74 Å². The number of ether oxygens (including phenoxy) is 1. The summed E-state index contributed by atoms with van der Waals surface area (Å²) in [6.07, 6.45) is 0.823. The molecule has 0 fully saturated rings.